The van der Waals surface area contributed by atoms with Gasteiger partial charge < -0.3 is 0 Å². The van der Waals surface area contributed by atoms with Crippen LogP contribution in [0.1, 0.15) is 0 Å². The maximum atomic E-state index is 5.48. The number of benzene rings is 8. The average molecular weight is 857 g/mol. The molecule has 0 radical (unpaired) electrons. The summed E-state index contributed by atoms with van der Waals surface area (Å²) in [6.07, 6.45) is 0. The molecule has 0 bridgehead atoms. The Hall–Kier alpha value is -9.13. The van der Waals surface area contributed by atoms with E-state index >= 15 is 0 Å². The van der Waals surface area contributed by atoms with Gasteiger partial charge >= 0.3 is 0 Å². The van der Waals surface area contributed by atoms with Gasteiger partial charge in [0.2, 0.25) is 0 Å². The Bertz CT molecular complexity index is 3460. The number of para-hydroxylation sites is 2. The number of hydrogen-bond donors (Lipinski definition) is 0. The molecule has 12 aromatic rings. The third-order valence-corrected chi connectivity index (χ3v) is 12.3. The van der Waals surface area contributed by atoms with Crippen LogP contribution in [0, 0.1) is 0 Å². The highest BCUT2D eigenvalue weighted by atomic mass is 15.1. The lowest BCUT2D eigenvalue weighted by atomic mass is 10.0. The molecule has 4 aromatic heterocycles. The van der Waals surface area contributed by atoms with E-state index in [2.05, 4.69) is 193 Å². The molecule has 314 valence electrons. The number of pyridine rings is 1. The summed E-state index contributed by atoms with van der Waals surface area (Å²) in [6.45, 7) is 0. The molecule has 0 aliphatic rings. The minimum Gasteiger partial charge on any atom is -0.294 e. The van der Waals surface area contributed by atoms with Gasteiger partial charge in [-0.2, -0.15) is 0 Å². The first-order valence-corrected chi connectivity index (χ1v) is 22.4. The maximum Gasteiger partial charge on any atom is 0.179 e. The molecular formula is C61H40N6. The van der Waals surface area contributed by atoms with E-state index in [1.807, 2.05) is 54.6 Å². The topological polar surface area (TPSA) is 69.4 Å². The first-order valence-electron chi connectivity index (χ1n) is 22.4. The molecular weight excluding hydrogens is 817 g/mol. The number of hydrogen-bond acceptors (Lipinski definition) is 5. The monoisotopic (exact) mass is 856 g/mol. The SMILES string of the molecule is c1ccc(-c2ccc(-c3cc(-c4ccccc4)nc(-c4cc(-c5nc(-c6ccccc6)cc(-c6ccc(-c7ccccc7)cc6)n5)nc(-n5c6ccccc6c6ccccc65)c4)n3)cc2)cc1. The minimum atomic E-state index is 0.489. The molecule has 0 N–H and O–H groups in total. The molecule has 12 rings (SSSR count). The van der Waals surface area contributed by atoms with Gasteiger partial charge in [-0.3, -0.25) is 4.57 Å². The molecule has 6 heteroatoms. The Morgan fingerprint density at radius 1 is 0.224 bits per heavy atom. The second-order valence-corrected chi connectivity index (χ2v) is 16.5. The van der Waals surface area contributed by atoms with Crippen LogP contribution in [0.5, 0.6) is 0 Å². The second-order valence-electron chi connectivity index (χ2n) is 16.5. The van der Waals surface area contributed by atoms with E-state index in [9.17, 15) is 0 Å². The van der Waals surface area contributed by atoms with Crippen molar-refractivity contribution in [3.05, 3.63) is 243 Å². The Labute approximate surface area is 388 Å². The molecule has 0 spiro atoms. The van der Waals surface area contributed by atoms with Crippen molar-refractivity contribution >= 4 is 21.8 Å². The van der Waals surface area contributed by atoms with Crippen LogP contribution >= 0.6 is 0 Å². The third-order valence-electron chi connectivity index (χ3n) is 12.3. The highest BCUT2D eigenvalue weighted by molar-refractivity contribution is 6.09. The third kappa shape index (κ3) is 7.73. The van der Waals surface area contributed by atoms with Crippen molar-refractivity contribution in [2.45, 2.75) is 0 Å². The predicted octanol–water partition coefficient (Wildman–Crippen LogP) is 15.1. The van der Waals surface area contributed by atoms with Crippen molar-refractivity contribution in [1.82, 2.24) is 29.5 Å². The zero-order valence-corrected chi connectivity index (χ0v) is 36.3. The van der Waals surface area contributed by atoms with Crippen LogP contribution in [-0.4, -0.2) is 29.5 Å². The Morgan fingerprint density at radius 3 is 0.985 bits per heavy atom. The van der Waals surface area contributed by atoms with E-state index < -0.39 is 0 Å². The van der Waals surface area contributed by atoms with Gasteiger partial charge in [-0.25, -0.2) is 24.9 Å². The Balaban J connectivity index is 1.08. The zero-order valence-electron chi connectivity index (χ0n) is 36.3. The van der Waals surface area contributed by atoms with Crippen LogP contribution in [0.25, 0.3) is 118 Å². The van der Waals surface area contributed by atoms with E-state index in [0.29, 0.717) is 23.2 Å². The van der Waals surface area contributed by atoms with Gasteiger partial charge in [-0.1, -0.05) is 206 Å². The molecule has 4 heterocycles. The summed E-state index contributed by atoms with van der Waals surface area (Å²) in [5, 5.41) is 2.28. The van der Waals surface area contributed by atoms with E-state index in [1.54, 1.807) is 0 Å². The van der Waals surface area contributed by atoms with Crippen LogP contribution < -0.4 is 0 Å². The number of rotatable bonds is 9. The summed E-state index contributed by atoms with van der Waals surface area (Å²) in [6, 6.07) is 83.8. The molecule has 0 aliphatic carbocycles. The van der Waals surface area contributed by atoms with Gasteiger partial charge in [-0.05, 0) is 58.7 Å². The van der Waals surface area contributed by atoms with Crippen LogP contribution in [0.2, 0.25) is 0 Å². The summed E-state index contributed by atoms with van der Waals surface area (Å²) >= 11 is 0. The summed E-state index contributed by atoms with van der Waals surface area (Å²) in [7, 11) is 0. The van der Waals surface area contributed by atoms with Gasteiger partial charge in [-0.15, -0.1) is 0 Å². The summed E-state index contributed by atoms with van der Waals surface area (Å²) < 4.78 is 2.23. The molecule has 0 atom stereocenters. The zero-order chi connectivity index (χ0) is 44.5. The lowest BCUT2D eigenvalue weighted by molar-refractivity contribution is 1.06. The molecule has 8 aromatic carbocycles. The standard InChI is InChI=1S/C61H40N6/c1-5-17-41(18-6-1)43-29-33-47(34-30-43)54-39-52(45-21-9-3-10-22-45)63-60(64-54)49-37-56(62-59(38-49)67-57-27-15-13-25-50(57)51-26-14-16-28-58(51)67)61-65-53(46-23-11-4-12-24-46)40-55(66-61)48-35-31-44(32-36-48)42-19-7-2-8-20-42/h1-40H. The van der Waals surface area contributed by atoms with Crippen molar-refractivity contribution in [1.29, 1.82) is 0 Å². The van der Waals surface area contributed by atoms with Crippen molar-refractivity contribution < 1.29 is 0 Å². The quantitative estimate of drug-likeness (QED) is 0.145. The van der Waals surface area contributed by atoms with Crippen LogP contribution in [0.4, 0.5) is 0 Å². The van der Waals surface area contributed by atoms with Gasteiger partial charge in [0.05, 0.1) is 33.8 Å². The molecule has 0 saturated heterocycles. The fourth-order valence-electron chi connectivity index (χ4n) is 8.92. The predicted molar refractivity (Wildman–Crippen MR) is 273 cm³/mol. The van der Waals surface area contributed by atoms with Gasteiger partial charge in [0.25, 0.3) is 0 Å². The average Bonchev–Trinajstić information content (AvgIpc) is 3.76. The Kier molecular flexibility index (Phi) is 10.1. The first-order chi connectivity index (χ1) is 33.2. The van der Waals surface area contributed by atoms with Crippen LogP contribution in [0.15, 0.2) is 243 Å². The van der Waals surface area contributed by atoms with Crippen molar-refractivity contribution in [3.63, 3.8) is 0 Å². The molecule has 67 heavy (non-hydrogen) atoms. The highest BCUT2D eigenvalue weighted by Gasteiger charge is 2.20. The van der Waals surface area contributed by atoms with Crippen LogP contribution in [0.3, 0.4) is 0 Å². The molecule has 0 saturated carbocycles. The van der Waals surface area contributed by atoms with Gasteiger partial charge in [0.1, 0.15) is 11.5 Å². The van der Waals surface area contributed by atoms with Crippen molar-refractivity contribution in [3.8, 4) is 96.0 Å². The number of fused-ring (bicyclic) bond motifs is 3. The first kappa shape index (κ1) is 39.5. The van der Waals surface area contributed by atoms with E-state index in [4.69, 9.17) is 24.9 Å². The molecule has 0 unspecified atom stereocenters. The van der Waals surface area contributed by atoms with Gasteiger partial charge in [0, 0.05) is 38.6 Å². The summed E-state index contributed by atoms with van der Waals surface area (Å²) in [4.78, 5) is 26.8. The fraction of sp³-hybridized carbons (Fsp3) is 0. The smallest absolute Gasteiger partial charge is 0.179 e. The van der Waals surface area contributed by atoms with Crippen LogP contribution in [-0.2, 0) is 0 Å². The maximum absolute atomic E-state index is 5.48. The molecule has 6 nitrogen and oxygen atoms in total. The number of aromatic nitrogens is 6. The molecule has 0 fully saturated rings. The Morgan fingerprint density at radius 2 is 0.552 bits per heavy atom. The lowest BCUT2D eigenvalue weighted by Gasteiger charge is -2.14. The van der Waals surface area contributed by atoms with Gasteiger partial charge in [0.15, 0.2) is 11.6 Å². The van der Waals surface area contributed by atoms with Crippen molar-refractivity contribution in [2.75, 3.05) is 0 Å². The number of nitrogens with zero attached hydrogens (tertiary/aromatic N) is 6. The van der Waals surface area contributed by atoms with E-state index in [-0.39, 0.29) is 0 Å². The lowest BCUT2D eigenvalue weighted by Crippen LogP contribution is -2.04. The molecule has 0 aliphatic heterocycles. The van der Waals surface area contributed by atoms with E-state index in [0.717, 1.165) is 94.7 Å². The summed E-state index contributed by atoms with van der Waals surface area (Å²) in [5.41, 5.74) is 15.2. The second kappa shape index (κ2) is 17.1. The fourth-order valence-corrected chi connectivity index (χ4v) is 8.92. The highest BCUT2D eigenvalue weighted by Crippen LogP contribution is 2.36. The normalized spacial score (nSPS) is 11.3. The van der Waals surface area contributed by atoms with Crippen molar-refractivity contribution in [2.24, 2.45) is 0 Å². The summed E-state index contributed by atoms with van der Waals surface area (Å²) in [5.74, 6) is 1.75. The van der Waals surface area contributed by atoms with E-state index in [1.165, 1.54) is 0 Å². The largest absolute Gasteiger partial charge is 0.294 e. The molecule has 0 amide bonds. The minimum absolute atomic E-state index is 0.489.